The van der Waals surface area contributed by atoms with Crippen LogP contribution >= 0.6 is 27.3 Å². The Morgan fingerprint density at radius 2 is 2.06 bits per heavy atom. The molecule has 2 heterocycles. The quantitative estimate of drug-likeness (QED) is 0.832. The highest BCUT2D eigenvalue weighted by Crippen LogP contribution is 2.34. The second-order valence-corrected chi connectivity index (χ2v) is 6.60. The maximum absolute atomic E-state index is 3.51. The van der Waals surface area contributed by atoms with E-state index in [4.69, 9.17) is 0 Å². The predicted molar refractivity (Wildman–Crippen MR) is 77.5 cm³/mol. The summed E-state index contributed by atoms with van der Waals surface area (Å²) in [7, 11) is 0. The van der Waals surface area contributed by atoms with E-state index in [9.17, 15) is 0 Å². The van der Waals surface area contributed by atoms with Gasteiger partial charge in [0.05, 0.1) is 0 Å². The smallest absolute Gasteiger partial charge is 0.0349 e. The molecule has 3 rings (SSSR count). The molecular weight excluding hydrogens is 294 g/mol. The van der Waals surface area contributed by atoms with Crippen LogP contribution in [0.1, 0.15) is 17.4 Å². The third-order valence-corrected chi connectivity index (χ3v) is 4.94. The van der Waals surface area contributed by atoms with Gasteiger partial charge in [0.1, 0.15) is 0 Å². The Kier molecular flexibility index (Phi) is 3.07. The largest absolute Gasteiger partial charge is 0.310 e. The first-order valence-electron chi connectivity index (χ1n) is 5.83. The molecular formula is C14H14BrNS. The monoisotopic (exact) mass is 307 g/mol. The summed E-state index contributed by atoms with van der Waals surface area (Å²) in [6.07, 6.45) is 1.16. The number of fused-ring (bicyclic) bond motifs is 1. The fourth-order valence-electron chi connectivity index (χ4n) is 2.18. The van der Waals surface area contributed by atoms with Crippen molar-refractivity contribution in [1.82, 2.24) is 5.32 Å². The fraction of sp³-hybridized carbons (Fsp3) is 0.286. The zero-order chi connectivity index (χ0) is 11.8. The van der Waals surface area contributed by atoms with Crippen LogP contribution in [0.15, 0.2) is 34.8 Å². The first-order chi connectivity index (χ1) is 8.22. The van der Waals surface area contributed by atoms with Crippen LogP contribution in [0.2, 0.25) is 0 Å². The van der Waals surface area contributed by atoms with E-state index < -0.39 is 0 Å². The molecule has 0 saturated heterocycles. The average molecular weight is 308 g/mol. The lowest BCUT2D eigenvalue weighted by Crippen LogP contribution is -2.31. The number of halogens is 1. The van der Waals surface area contributed by atoms with Gasteiger partial charge < -0.3 is 5.32 Å². The van der Waals surface area contributed by atoms with Crippen molar-refractivity contribution in [3.05, 3.63) is 45.2 Å². The minimum absolute atomic E-state index is 0.610. The fourth-order valence-corrected chi connectivity index (χ4v) is 3.76. The minimum Gasteiger partial charge on any atom is -0.310 e. The second-order valence-electron chi connectivity index (χ2n) is 4.55. The number of rotatable bonds is 1. The van der Waals surface area contributed by atoms with Crippen LogP contribution in [0, 0.1) is 0 Å². The van der Waals surface area contributed by atoms with Gasteiger partial charge in [-0.1, -0.05) is 28.1 Å². The molecule has 0 aliphatic carbocycles. The van der Waals surface area contributed by atoms with Gasteiger partial charge in [0.2, 0.25) is 0 Å². The first-order valence-corrected chi connectivity index (χ1v) is 7.44. The SMILES string of the molecule is CC1Cc2sc(-c3ccc(Br)cc3)cc2CN1. The Morgan fingerprint density at radius 3 is 2.82 bits per heavy atom. The van der Waals surface area contributed by atoms with Crippen molar-refractivity contribution < 1.29 is 0 Å². The number of nitrogens with one attached hydrogen (secondary N) is 1. The Bertz CT molecular complexity index is 530. The van der Waals surface area contributed by atoms with E-state index in [0.29, 0.717) is 6.04 Å². The molecule has 2 aromatic rings. The van der Waals surface area contributed by atoms with Gasteiger partial charge in [0.15, 0.2) is 0 Å². The summed E-state index contributed by atoms with van der Waals surface area (Å²) in [6.45, 7) is 3.27. The summed E-state index contributed by atoms with van der Waals surface area (Å²) in [4.78, 5) is 2.94. The van der Waals surface area contributed by atoms with E-state index in [-0.39, 0.29) is 0 Å². The summed E-state index contributed by atoms with van der Waals surface area (Å²) in [6, 6.07) is 11.5. The average Bonchev–Trinajstić information content (AvgIpc) is 2.72. The lowest BCUT2D eigenvalue weighted by molar-refractivity contribution is 0.520. The molecule has 0 saturated carbocycles. The van der Waals surface area contributed by atoms with Crippen molar-refractivity contribution in [3.8, 4) is 10.4 Å². The van der Waals surface area contributed by atoms with Crippen LogP contribution in [-0.4, -0.2) is 6.04 Å². The van der Waals surface area contributed by atoms with Gasteiger partial charge in [0.25, 0.3) is 0 Å². The van der Waals surface area contributed by atoms with Gasteiger partial charge >= 0.3 is 0 Å². The maximum Gasteiger partial charge on any atom is 0.0349 e. The molecule has 1 aliphatic rings. The molecule has 0 fully saturated rings. The number of benzene rings is 1. The number of hydrogen-bond donors (Lipinski definition) is 1. The van der Waals surface area contributed by atoms with Crippen molar-refractivity contribution >= 4 is 27.3 Å². The lowest BCUT2D eigenvalue weighted by atomic mass is 10.1. The molecule has 1 aromatic heterocycles. The highest BCUT2D eigenvalue weighted by atomic mass is 79.9. The van der Waals surface area contributed by atoms with Crippen LogP contribution in [0.25, 0.3) is 10.4 Å². The molecule has 17 heavy (non-hydrogen) atoms. The van der Waals surface area contributed by atoms with Gasteiger partial charge in [-0.15, -0.1) is 11.3 Å². The van der Waals surface area contributed by atoms with Crippen LogP contribution in [0.5, 0.6) is 0 Å². The molecule has 0 spiro atoms. The molecule has 1 aromatic carbocycles. The second kappa shape index (κ2) is 4.56. The van der Waals surface area contributed by atoms with Crippen LogP contribution < -0.4 is 5.32 Å². The summed E-state index contributed by atoms with van der Waals surface area (Å²) in [5.74, 6) is 0. The van der Waals surface area contributed by atoms with Crippen molar-refractivity contribution in [3.63, 3.8) is 0 Å². The molecule has 1 aliphatic heterocycles. The number of hydrogen-bond acceptors (Lipinski definition) is 2. The highest BCUT2D eigenvalue weighted by molar-refractivity contribution is 9.10. The van der Waals surface area contributed by atoms with Gasteiger partial charge in [-0.05, 0) is 42.7 Å². The molecule has 1 atom stereocenters. The van der Waals surface area contributed by atoms with E-state index in [1.165, 1.54) is 16.0 Å². The standard InChI is InChI=1S/C14H14BrNS/c1-9-6-13-11(8-16-9)7-14(17-13)10-2-4-12(15)5-3-10/h2-5,7,9,16H,6,8H2,1H3. The Labute approximate surface area is 114 Å². The van der Waals surface area contributed by atoms with Crippen LogP contribution in [-0.2, 0) is 13.0 Å². The molecule has 3 heteroatoms. The van der Waals surface area contributed by atoms with Crippen LogP contribution in [0.4, 0.5) is 0 Å². The van der Waals surface area contributed by atoms with Gasteiger partial charge in [0, 0.05) is 26.8 Å². The summed E-state index contributed by atoms with van der Waals surface area (Å²) in [5, 5.41) is 3.51. The van der Waals surface area contributed by atoms with E-state index in [2.05, 4.69) is 58.5 Å². The Morgan fingerprint density at radius 1 is 1.29 bits per heavy atom. The summed E-state index contributed by atoms with van der Waals surface area (Å²) >= 11 is 5.42. The molecule has 1 N–H and O–H groups in total. The van der Waals surface area contributed by atoms with Gasteiger partial charge in [-0.25, -0.2) is 0 Å². The molecule has 0 amide bonds. The Balaban J connectivity index is 1.97. The third-order valence-electron chi connectivity index (χ3n) is 3.16. The summed E-state index contributed by atoms with van der Waals surface area (Å²) in [5.41, 5.74) is 2.80. The van der Waals surface area contributed by atoms with Crippen molar-refractivity contribution in [1.29, 1.82) is 0 Å². The zero-order valence-electron chi connectivity index (χ0n) is 9.66. The predicted octanol–water partition coefficient (Wildman–Crippen LogP) is 4.21. The van der Waals surface area contributed by atoms with E-state index in [1.807, 2.05) is 11.3 Å². The first kappa shape index (κ1) is 11.5. The Hall–Kier alpha value is -0.640. The normalized spacial score (nSPS) is 19.1. The minimum atomic E-state index is 0.610. The molecule has 1 nitrogen and oxygen atoms in total. The molecule has 88 valence electrons. The van der Waals surface area contributed by atoms with Crippen LogP contribution in [0.3, 0.4) is 0 Å². The third kappa shape index (κ3) is 2.32. The van der Waals surface area contributed by atoms with Gasteiger partial charge in [-0.3, -0.25) is 0 Å². The highest BCUT2D eigenvalue weighted by Gasteiger charge is 2.17. The zero-order valence-corrected chi connectivity index (χ0v) is 12.1. The van der Waals surface area contributed by atoms with Crippen molar-refractivity contribution in [2.45, 2.75) is 25.9 Å². The van der Waals surface area contributed by atoms with E-state index >= 15 is 0 Å². The maximum atomic E-state index is 3.51. The van der Waals surface area contributed by atoms with Crippen molar-refractivity contribution in [2.24, 2.45) is 0 Å². The molecule has 0 radical (unpaired) electrons. The van der Waals surface area contributed by atoms with Gasteiger partial charge in [-0.2, -0.15) is 0 Å². The summed E-state index contributed by atoms with van der Waals surface area (Å²) < 4.78 is 1.14. The topological polar surface area (TPSA) is 12.0 Å². The molecule has 0 bridgehead atoms. The van der Waals surface area contributed by atoms with E-state index in [0.717, 1.165) is 17.4 Å². The molecule has 1 unspecified atom stereocenters. The lowest BCUT2D eigenvalue weighted by Gasteiger charge is -2.19. The van der Waals surface area contributed by atoms with Crippen molar-refractivity contribution in [2.75, 3.05) is 0 Å². The number of thiophene rings is 1. The van der Waals surface area contributed by atoms with E-state index in [1.54, 1.807) is 4.88 Å².